The maximum atomic E-state index is 11.7. The van der Waals surface area contributed by atoms with Crippen molar-refractivity contribution in [2.45, 2.75) is 25.4 Å². The Morgan fingerprint density at radius 1 is 1.56 bits per heavy atom. The number of amides is 2. The highest BCUT2D eigenvalue weighted by Crippen LogP contribution is 2.22. The van der Waals surface area contributed by atoms with Crippen LogP contribution in [-0.4, -0.2) is 31.5 Å². The lowest BCUT2D eigenvalue weighted by Crippen LogP contribution is -2.50. The molecule has 2 heterocycles. The molecule has 0 aliphatic carbocycles. The van der Waals surface area contributed by atoms with Gasteiger partial charge in [-0.15, -0.1) is 0 Å². The minimum absolute atomic E-state index is 0.00578. The number of rotatable bonds is 3. The maximum Gasteiger partial charge on any atom is 0.315 e. The zero-order chi connectivity index (χ0) is 13.2. The lowest BCUT2D eigenvalue weighted by molar-refractivity contribution is 0.229. The quantitative estimate of drug-likeness (QED) is 0.846. The molecule has 1 aliphatic rings. The van der Waals surface area contributed by atoms with E-state index < -0.39 is 15.4 Å². The van der Waals surface area contributed by atoms with E-state index in [0.29, 0.717) is 12.2 Å². The van der Waals surface area contributed by atoms with Crippen molar-refractivity contribution in [2.75, 3.05) is 11.5 Å². The van der Waals surface area contributed by atoms with E-state index in [1.54, 1.807) is 19.1 Å². The molecule has 0 unspecified atom stereocenters. The summed E-state index contributed by atoms with van der Waals surface area (Å²) in [6.07, 6.45) is 1.98. The molecule has 0 bridgehead atoms. The second-order valence-electron chi connectivity index (χ2n) is 4.79. The molecule has 2 amide bonds. The van der Waals surface area contributed by atoms with Gasteiger partial charge in [-0.2, -0.15) is 0 Å². The Morgan fingerprint density at radius 3 is 2.89 bits per heavy atom. The molecule has 100 valence electrons. The van der Waals surface area contributed by atoms with Crippen molar-refractivity contribution in [3.05, 3.63) is 24.2 Å². The van der Waals surface area contributed by atoms with E-state index in [2.05, 4.69) is 10.6 Å². The number of furan rings is 1. The largest absolute Gasteiger partial charge is 0.467 e. The van der Waals surface area contributed by atoms with Crippen molar-refractivity contribution >= 4 is 15.9 Å². The van der Waals surface area contributed by atoms with Crippen LogP contribution in [-0.2, 0) is 16.4 Å². The predicted octanol–water partition coefficient (Wildman–Crippen LogP) is 0.656. The Hall–Kier alpha value is -1.50. The highest BCUT2D eigenvalue weighted by atomic mass is 32.2. The fourth-order valence-electron chi connectivity index (χ4n) is 2.01. The van der Waals surface area contributed by atoms with Gasteiger partial charge >= 0.3 is 6.03 Å². The van der Waals surface area contributed by atoms with Crippen LogP contribution in [0.25, 0.3) is 0 Å². The van der Waals surface area contributed by atoms with Gasteiger partial charge in [0.25, 0.3) is 0 Å². The SMILES string of the molecule is C[C@@]1(NC(=O)NCc2ccco2)CCS(=O)(=O)C1. The summed E-state index contributed by atoms with van der Waals surface area (Å²) in [6.45, 7) is 2.02. The zero-order valence-corrected chi connectivity index (χ0v) is 10.9. The molecule has 1 saturated heterocycles. The number of carbonyl (C=O) groups is 1. The third-order valence-electron chi connectivity index (χ3n) is 2.92. The zero-order valence-electron chi connectivity index (χ0n) is 10.1. The molecule has 0 saturated carbocycles. The highest BCUT2D eigenvalue weighted by Gasteiger charge is 2.39. The van der Waals surface area contributed by atoms with Gasteiger partial charge in [-0.1, -0.05) is 0 Å². The summed E-state index contributed by atoms with van der Waals surface area (Å²) in [7, 11) is -3.02. The Balaban J connectivity index is 1.84. The summed E-state index contributed by atoms with van der Waals surface area (Å²) in [4.78, 5) is 11.7. The van der Waals surface area contributed by atoms with Crippen molar-refractivity contribution in [3.63, 3.8) is 0 Å². The number of hydrogen-bond donors (Lipinski definition) is 2. The molecule has 0 radical (unpaired) electrons. The average molecular weight is 272 g/mol. The third-order valence-corrected chi connectivity index (χ3v) is 4.83. The van der Waals surface area contributed by atoms with Crippen molar-refractivity contribution < 1.29 is 17.6 Å². The standard InChI is InChI=1S/C11H16N2O4S/c1-11(4-6-18(15,16)8-11)13-10(14)12-7-9-3-2-5-17-9/h2-3,5H,4,6-8H2,1H3,(H2,12,13,14)/t11-/m1/s1. The first kappa shape index (κ1) is 12.9. The van der Waals surface area contributed by atoms with Crippen LogP contribution in [0.3, 0.4) is 0 Å². The molecule has 18 heavy (non-hydrogen) atoms. The third kappa shape index (κ3) is 3.25. The highest BCUT2D eigenvalue weighted by molar-refractivity contribution is 7.91. The summed E-state index contributed by atoms with van der Waals surface area (Å²) in [5, 5.41) is 5.33. The van der Waals surface area contributed by atoms with Gasteiger partial charge in [-0.05, 0) is 25.5 Å². The average Bonchev–Trinajstić information content (AvgIpc) is 2.84. The summed E-state index contributed by atoms with van der Waals surface area (Å²) in [5.74, 6) is 0.769. The van der Waals surface area contributed by atoms with Gasteiger partial charge in [0.2, 0.25) is 0 Å². The Morgan fingerprint density at radius 2 is 2.33 bits per heavy atom. The van der Waals surface area contributed by atoms with Gasteiger partial charge in [0.15, 0.2) is 9.84 Å². The van der Waals surface area contributed by atoms with Crippen molar-refractivity contribution in [1.82, 2.24) is 10.6 Å². The smallest absolute Gasteiger partial charge is 0.315 e. The Bertz CT molecular complexity index is 523. The molecule has 0 spiro atoms. The molecule has 1 fully saturated rings. The summed E-state index contributed by atoms with van der Waals surface area (Å²) < 4.78 is 27.8. The monoisotopic (exact) mass is 272 g/mol. The van der Waals surface area contributed by atoms with Crippen LogP contribution < -0.4 is 10.6 Å². The van der Waals surface area contributed by atoms with Crippen LogP contribution in [0, 0.1) is 0 Å². The normalized spacial score (nSPS) is 25.8. The van der Waals surface area contributed by atoms with E-state index in [0.717, 1.165) is 0 Å². The molecule has 2 rings (SSSR count). The second kappa shape index (κ2) is 4.64. The van der Waals surface area contributed by atoms with Crippen LogP contribution in [0.2, 0.25) is 0 Å². The molecule has 6 nitrogen and oxygen atoms in total. The first-order valence-electron chi connectivity index (χ1n) is 5.67. The first-order chi connectivity index (χ1) is 8.39. The topological polar surface area (TPSA) is 88.4 Å². The van der Waals surface area contributed by atoms with Gasteiger partial charge in [0.05, 0.1) is 29.9 Å². The summed E-state index contributed by atoms with van der Waals surface area (Å²) in [6, 6.07) is 3.10. The van der Waals surface area contributed by atoms with Crippen LogP contribution in [0.5, 0.6) is 0 Å². The molecule has 7 heteroatoms. The van der Waals surface area contributed by atoms with Crippen molar-refractivity contribution in [1.29, 1.82) is 0 Å². The lowest BCUT2D eigenvalue weighted by Gasteiger charge is -2.23. The molecule has 1 aromatic heterocycles. The molecule has 1 aromatic rings. The minimum Gasteiger partial charge on any atom is -0.467 e. The van der Waals surface area contributed by atoms with E-state index in [1.807, 2.05) is 0 Å². The molecule has 2 N–H and O–H groups in total. The fraction of sp³-hybridized carbons (Fsp3) is 0.545. The minimum atomic E-state index is -3.02. The second-order valence-corrected chi connectivity index (χ2v) is 6.97. The van der Waals surface area contributed by atoms with E-state index in [1.165, 1.54) is 6.26 Å². The van der Waals surface area contributed by atoms with Gasteiger partial charge in [-0.3, -0.25) is 0 Å². The maximum absolute atomic E-state index is 11.7. The number of hydrogen-bond acceptors (Lipinski definition) is 4. The van der Waals surface area contributed by atoms with Gasteiger partial charge < -0.3 is 15.1 Å². The van der Waals surface area contributed by atoms with E-state index >= 15 is 0 Å². The first-order valence-corrected chi connectivity index (χ1v) is 7.50. The molecular weight excluding hydrogens is 256 g/mol. The predicted molar refractivity (Wildman–Crippen MR) is 65.8 cm³/mol. The summed E-state index contributed by atoms with van der Waals surface area (Å²) in [5.41, 5.74) is -0.675. The van der Waals surface area contributed by atoms with E-state index in [4.69, 9.17) is 4.42 Å². The van der Waals surface area contributed by atoms with Crippen LogP contribution in [0.1, 0.15) is 19.1 Å². The Kier molecular flexibility index (Phi) is 3.34. The van der Waals surface area contributed by atoms with Crippen LogP contribution >= 0.6 is 0 Å². The number of carbonyl (C=O) groups excluding carboxylic acids is 1. The Labute approximate surface area is 106 Å². The van der Waals surface area contributed by atoms with Crippen molar-refractivity contribution in [3.8, 4) is 0 Å². The van der Waals surface area contributed by atoms with Crippen LogP contribution in [0.4, 0.5) is 4.79 Å². The van der Waals surface area contributed by atoms with E-state index in [9.17, 15) is 13.2 Å². The molecule has 1 atom stereocenters. The molecule has 1 aliphatic heterocycles. The summed E-state index contributed by atoms with van der Waals surface area (Å²) >= 11 is 0. The van der Waals surface area contributed by atoms with Crippen LogP contribution in [0.15, 0.2) is 22.8 Å². The number of nitrogens with one attached hydrogen (secondary N) is 2. The molecular formula is C11H16N2O4S. The fourth-order valence-corrected chi connectivity index (χ4v) is 4.10. The lowest BCUT2D eigenvalue weighted by atomic mass is 10.0. The number of sulfone groups is 1. The van der Waals surface area contributed by atoms with Gasteiger partial charge in [0.1, 0.15) is 5.76 Å². The van der Waals surface area contributed by atoms with Crippen molar-refractivity contribution in [2.24, 2.45) is 0 Å². The van der Waals surface area contributed by atoms with Gasteiger partial charge in [0, 0.05) is 0 Å². The molecule has 0 aromatic carbocycles. The van der Waals surface area contributed by atoms with E-state index in [-0.39, 0.29) is 24.1 Å². The number of urea groups is 1. The van der Waals surface area contributed by atoms with Gasteiger partial charge in [-0.25, -0.2) is 13.2 Å².